The summed E-state index contributed by atoms with van der Waals surface area (Å²) < 4.78 is 1.55. The summed E-state index contributed by atoms with van der Waals surface area (Å²) in [7, 11) is 3.46. The van der Waals surface area contributed by atoms with Crippen LogP contribution in [0, 0.1) is 20.8 Å². The molecule has 0 radical (unpaired) electrons. The zero-order valence-corrected chi connectivity index (χ0v) is 15.2. The maximum Gasteiger partial charge on any atom is 0.274 e. The Morgan fingerprint density at radius 3 is 2.64 bits per heavy atom. The Morgan fingerprint density at radius 2 is 1.96 bits per heavy atom. The molecule has 0 aliphatic heterocycles. The van der Waals surface area contributed by atoms with Gasteiger partial charge in [-0.2, -0.15) is 0 Å². The van der Waals surface area contributed by atoms with Crippen molar-refractivity contribution < 1.29 is 4.79 Å². The summed E-state index contributed by atoms with van der Waals surface area (Å²) in [4.78, 5) is 31.2. The standard InChI is InChI=1S/C19H22N4O2/c1-11-6-7-14(12(2)8-11)10-22(4)19(25)15-9-13(3)20-17-16(15)18(24)21-23(17)5/h6-9H,10H2,1-5H3,(H,21,24). The van der Waals surface area contributed by atoms with E-state index < -0.39 is 0 Å². The number of aromatic amines is 1. The van der Waals surface area contributed by atoms with Gasteiger partial charge < -0.3 is 4.90 Å². The van der Waals surface area contributed by atoms with E-state index in [0.29, 0.717) is 28.8 Å². The van der Waals surface area contributed by atoms with Crippen LogP contribution in [0.5, 0.6) is 0 Å². The number of hydrogen-bond acceptors (Lipinski definition) is 3. The number of aromatic nitrogens is 3. The smallest absolute Gasteiger partial charge is 0.274 e. The number of rotatable bonds is 3. The average Bonchev–Trinajstić information content (AvgIpc) is 2.83. The van der Waals surface area contributed by atoms with Crippen molar-refractivity contribution in [3.63, 3.8) is 0 Å². The Labute approximate surface area is 146 Å². The van der Waals surface area contributed by atoms with Crippen molar-refractivity contribution in [2.45, 2.75) is 27.3 Å². The molecule has 2 heterocycles. The number of carbonyl (C=O) groups excluding carboxylic acids is 1. The number of fused-ring (bicyclic) bond motifs is 1. The molecule has 6 nitrogen and oxygen atoms in total. The molecule has 0 atom stereocenters. The van der Waals surface area contributed by atoms with Gasteiger partial charge in [0.05, 0.1) is 10.9 Å². The number of H-pyrrole nitrogens is 1. The molecule has 3 rings (SSSR count). The molecule has 2 aromatic heterocycles. The van der Waals surface area contributed by atoms with Crippen molar-refractivity contribution >= 4 is 16.9 Å². The number of carbonyl (C=O) groups is 1. The minimum atomic E-state index is -0.298. The van der Waals surface area contributed by atoms with Crippen molar-refractivity contribution in [3.05, 3.63) is 62.6 Å². The first-order valence-electron chi connectivity index (χ1n) is 8.16. The van der Waals surface area contributed by atoms with Crippen molar-refractivity contribution in [2.75, 3.05) is 7.05 Å². The fourth-order valence-corrected chi connectivity index (χ4v) is 3.11. The van der Waals surface area contributed by atoms with E-state index in [0.717, 1.165) is 11.1 Å². The van der Waals surface area contributed by atoms with E-state index >= 15 is 0 Å². The number of amides is 1. The number of pyridine rings is 1. The second-order valence-corrected chi connectivity index (χ2v) is 6.60. The van der Waals surface area contributed by atoms with Gasteiger partial charge in [0.2, 0.25) is 0 Å². The summed E-state index contributed by atoms with van der Waals surface area (Å²) in [5.41, 5.74) is 4.71. The van der Waals surface area contributed by atoms with Gasteiger partial charge in [0.25, 0.3) is 11.5 Å². The Morgan fingerprint density at radius 1 is 1.24 bits per heavy atom. The van der Waals surface area contributed by atoms with Crippen molar-refractivity contribution in [3.8, 4) is 0 Å². The normalized spacial score (nSPS) is 11.1. The van der Waals surface area contributed by atoms with E-state index in [1.54, 1.807) is 29.7 Å². The monoisotopic (exact) mass is 338 g/mol. The lowest BCUT2D eigenvalue weighted by atomic mass is 10.0. The molecule has 25 heavy (non-hydrogen) atoms. The molecule has 1 N–H and O–H groups in total. The third-order valence-electron chi connectivity index (χ3n) is 4.43. The number of nitrogens with zero attached hydrogens (tertiary/aromatic N) is 3. The molecule has 130 valence electrons. The molecule has 0 saturated carbocycles. The fraction of sp³-hybridized carbons (Fsp3) is 0.316. The van der Waals surface area contributed by atoms with Crippen LogP contribution in [0.2, 0.25) is 0 Å². The summed E-state index contributed by atoms with van der Waals surface area (Å²) >= 11 is 0. The summed E-state index contributed by atoms with van der Waals surface area (Å²) in [5.74, 6) is -0.188. The van der Waals surface area contributed by atoms with Crippen LogP contribution in [0.1, 0.15) is 32.7 Å². The Kier molecular flexibility index (Phi) is 4.20. The molecule has 1 amide bonds. The minimum Gasteiger partial charge on any atom is -0.337 e. The lowest BCUT2D eigenvalue weighted by Crippen LogP contribution is -2.27. The van der Waals surface area contributed by atoms with E-state index in [1.165, 1.54) is 5.56 Å². The molecule has 1 aromatic carbocycles. The SMILES string of the molecule is Cc1ccc(CN(C)C(=O)c2cc(C)nc3c2c(=O)[nH]n3C)c(C)c1. The van der Waals surface area contributed by atoms with Crippen LogP contribution in [-0.2, 0) is 13.6 Å². The van der Waals surface area contributed by atoms with Gasteiger partial charge in [0.1, 0.15) is 0 Å². The maximum atomic E-state index is 13.0. The molecule has 6 heteroatoms. The second-order valence-electron chi connectivity index (χ2n) is 6.60. The van der Waals surface area contributed by atoms with Crippen LogP contribution in [0.4, 0.5) is 0 Å². The summed E-state index contributed by atoms with van der Waals surface area (Å²) in [6.45, 7) is 6.39. The molecular formula is C19H22N4O2. The zero-order chi connectivity index (χ0) is 18.3. The number of benzene rings is 1. The van der Waals surface area contributed by atoms with Gasteiger partial charge in [0.15, 0.2) is 5.65 Å². The molecule has 0 aliphatic carbocycles. The van der Waals surface area contributed by atoms with Gasteiger partial charge in [-0.1, -0.05) is 23.8 Å². The number of aryl methyl sites for hydroxylation is 4. The molecule has 0 unspecified atom stereocenters. The predicted molar refractivity (Wildman–Crippen MR) is 97.8 cm³/mol. The highest BCUT2D eigenvalue weighted by Gasteiger charge is 2.21. The molecule has 0 bridgehead atoms. The first-order valence-corrected chi connectivity index (χ1v) is 8.16. The summed E-state index contributed by atoms with van der Waals surface area (Å²) in [6.07, 6.45) is 0. The number of hydrogen-bond donors (Lipinski definition) is 1. The lowest BCUT2D eigenvalue weighted by molar-refractivity contribution is 0.0786. The molecule has 0 saturated heterocycles. The highest BCUT2D eigenvalue weighted by Crippen LogP contribution is 2.18. The van der Waals surface area contributed by atoms with Crippen LogP contribution in [0.15, 0.2) is 29.1 Å². The quantitative estimate of drug-likeness (QED) is 0.797. The highest BCUT2D eigenvalue weighted by atomic mass is 16.2. The van der Waals surface area contributed by atoms with Crippen molar-refractivity contribution in [2.24, 2.45) is 7.05 Å². The Hall–Kier alpha value is -2.89. The highest BCUT2D eigenvalue weighted by molar-refractivity contribution is 6.05. The molecule has 0 spiro atoms. The van der Waals surface area contributed by atoms with Gasteiger partial charge >= 0.3 is 0 Å². The molecule has 0 aliphatic rings. The van der Waals surface area contributed by atoms with Crippen LogP contribution in [0.3, 0.4) is 0 Å². The van der Waals surface area contributed by atoms with Crippen LogP contribution >= 0.6 is 0 Å². The van der Waals surface area contributed by atoms with E-state index in [4.69, 9.17) is 0 Å². The maximum absolute atomic E-state index is 13.0. The minimum absolute atomic E-state index is 0.188. The summed E-state index contributed by atoms with van der Waals surface area (Å²) in [6, 6.07) is 7.86. The van der Waals surface area contributed by atoms with E-state index in [2.05, 4.69) is 16.1 Å². The largest absolute Gasteiger partial charge is 0.337 e. The zero-order valence-electron chi connectivity index (χ0n) is 15.2. The average molecular weight is 338 g/mol. The predicted octanol–water partition coefficient (Wildman–Crippen LogP) is 2.46. The van der Waals surface area contributed by atoms with Crippen LogP contribution < -0.4 is 5.56 Å². The van der Waals surface area contributed by atoms with Gasteiger partial charge in [-0.3, -0.25) is 19.4 Å². The first-order chi connectivity index (χ1) is 11.8. The van der Waals surface area contributed by atoms with Crippen LogP contribution in [0.25, 0.3) is 11.0 Å². The third kappa shape index (κ3) is 3.07. The molecule has 0 fully saturated rings. The molecular weight excluding hydrogens is 316 g/mol. The van der Waals surface area contributed by atoms with Gasteiger partial charge in [-0.25, -0.2) is 4.98 Å². The third-order valence-corrected chi connectivity index (χ3v) is 4.43. The topological polar surface area (TPSA) is 71.0 Å². The lowest BCUT2D eigenvalue weighted by Gasteiger charge is -2.19. The van der Waals surface area contributed by atoms with E-state index in [9.17, 15) is 9.59 Å². The fourth-order valence-electron chi connectivity index (χ4n) is 3.11. The number of nitrogens with one attached hydrogen (secondary N) is 1. The van der Waals surface area contributed by atoms with Gasteiger partial charge in [0, 0.05) is 26.3 Å². The molecule has 3 aromatic rings. The van der Waals surface area contributed by atoms with Gasteiger partial charge in [-0.15, -0.1) is 0 Å². The second kappa shape index (κ2) is 6.20. The summed E-state index contributed by atoms with van der Waals surface area (Å²) in [5, 5.41) is 3.01. The van der Waals surface area contributed by atoms with E-state index in [-0.39, 0.29) is 11.5 Å². The van der Waals surface area contributed by atoms with Crippen molar-refractivity contribution in [1.29, 1.82) is 0 Å². The van der Waals surface area contributed by atoms with Crippen molar-refractivity contribution in [1.82, 2.24) is 19.7 Å². The Bertz CT molecular complexity index is 1030. The van der Waals surface area contributed by atoms with E-state index in [1.807, 2.05) is 32.9 Å². The first kappa shape index (κ1) is 17.0. The van der Waals surface area contributed by atoms with Gasteiger partial charge in [-0.05, 0) is 38.0 Å². The van der Waals surface area contributed by atoms with Crippen LogP contribution in [-0.4, -0.2) is 32.6 Å². The Balaban J connectivity index is 2.00.